The molecule has 0 amide bonds. The second kappa shape index (κ2) is 6.32. The zero-order valence-corrected chi connectivity index (χ0v) is 12.0. The number of hydrogen-bond acceptors (Lipinski definition) is 4. The molecule has 2 aromatic rings. The predicted molar refractivity (Wildman–Crippen MR) is 82.5 cm³/mol. The van der Waals surface area contributed by atoms with E-state index in [2.05, 4.69) is 16.8 Å². The van der Waals surface area contributed by atoms with Gasteiger partial charge in [-0.1, -0.05) is 24.3 Å². The molecule has 1 heterocycles. The Labute approximate surface area is 122 Å². The van der Waals surface area contributed by atoms with Gasteiger partial charge in [-0.2, -0.15) is 5.10 Å². The number of aromatic nitrogens is 2. The highest BCUT2D eigenvalue weighted by molar-refractivity contribution is 7.91. The van der Waals surface area contributed by atoms with E-state index in [1.807, 2.05) is 0 Å². The summed E-state index contributed by atoms with van der Waals surface area (Å²) in [4.78, 5) is 11.1. The lowest BCUT2D eigenvalue weighted by Gasteiger charge is -2.01. The Hall–Kier alpha value is -2.47. The van der Waals surface area contributed by atoms with Gasteiger partial charge in [-0.05, 0) is 29.8 Å². The fourth-order valence-corrected chi connectivity index (χ4v) is 2.72. The van der Waals surface area contributed by atoms with Crippen molar-refractivity contribution < 1.29 is 8.42 Å². The molecule has 0 unspecified atom stereocenters. The summed E-state index contributed by atoms with van der Waals surface area (Å²) in [5.74, 6) is -0.0799. The molecule has 0 fully saturated rings. The third-order valence-electron chi connectivity index (χ3n) is 2.72. The van der Waals surface area contributed by atoms with E-state index in [0.717, 1.165) is 5.56 Å². The monoisotopic (exact) mass is 302 g/mol. The van der Waals surface area contributed by atoms with E-state index in [1.165, 1.54) is 12.1 Å². The molecular weight excluding hydrogens is 288 g/mol. The van der Waals surface area contributed by atoms with Crippen LogP contribution in [0.15, 0.2) is 58.7 Å². The number of sulfone groups is 1. The van der Waals surface area contributed by atoms with Gasteiger partial charge in [0.2, 0.25) is 0 Å². The molecule has 21 heavy (non-hydrogen) atoms. The Bertz CT molecular complexity index is 798. The zero-order valence-electron chi connectivity index (χ0n) is 11.2. The van der Waals surface area contributed by atoms with Gasteiger partial charge in [0.15, 0.2) is 9.84 Å². The van der Waals surface area contributed by atoms with E-state index < -0.39 is 9.84 Å². The molecular formula is C15H14N2O3S. The second-order valence-corrected chi connectivity index (χ2v) is 6.35. The molecule has 0 aliphatic rings. The largest absolute Gasteiger partial charge is 0.268 e. The number of benzene rings is 1. The first-order valence-corrected chi connectivity index (χ1v) is 7.84. The van der Waals surface area contributed by atoms with Crippen molar-refractivity contribution in [3.05, 3.63) is 70.7 Å². The van der Waals surface area contributed by atoms with Crippen LogP contribution >= 0.6 is 0 Å². The first kappa shape index (κ1) is 14.9. The third kappa shape index (κ3) is 4.00. The first-order valence-electron chi connectivity index (χ1n) is 6.19. The first-order chi connectivity index (χ1) is 10.0. The Balaban J connectivity index is 2.18. The van der Waals surface area contributed by atoms with Crippen LogP contribution in [0.1, 0.15) is 11.3 Å². The van der Waals surface area contributed by atoms with Crippen LogP contribution in [0.4, 0.5) is 0 Å². The van der Waals surface area contributed by atoms with E-state index in [-0.39, 0.29) is 16.2 Å². The molecule has 0 aliphatic carbocycles. The molecule has 1 aromatic carbocycles. The van der Waals surface area contributed by atoms with Crippen molar-refractivity contribution in [1.82, 2.24) is 10.2 Å². The topological polar surface area (TPSA) is 79.9 Å². The van der Waals surface area contributed by atoms with Crippen molar-refractivity contribution >= 4 is 22.0 Å². The summed E-state index contributed by atoms with van der Waals surface area (Å²) in [6, 6.07) is 9.50. The van der Waals surface area contributed by atoms with E-state index in [9.17, 15) is 13.2 Å². The summed E-state index contributed by atoms with van der Waals surface area (Å²) >= 11 is 0. The van der Waals surface area contributed by atoms with E-state index >= 15 is 0 Å². The van der Waals surface area contributed by atoms with E-state index in [0.29, 0.717) is 5.69 Å². The van der Waals surface area contributed by atoms with Crippen molar-refractivity contribution in [2.24, 2.45) is 0 Å². The average molecular weight is 302 g/mol. The van der Waals surface area contributed by atoms with Crippen LogP contribution in [0.2, 0.25) is 0 Å². The predicted octanol–water partition coefficient (Wildman–Crippen LogP) is 1.90. The standard InChI is InChI=1S/C15H14N2O3S/c1-2-11-21(19,20)14-8-4-12(5-9-14)3-6-13-7-10-15(18)17-16-13/h2-10H,1,11H2,(H,17,18)/b6-3+. The highest BCUT2D eigenvalue weighted by atomic mass is 32.2. The van der Waals surface area contributed by atoms with Gasteiger partial charge in [-0.15, -0.1) is 6.58 Å². The normalized spacial score (nSPS) is 11.6. The van der Waals surface area contributed by atoms with Gasteiger partial charge >= 0.3 is 0 Å². The molecule has 0 saturated carbocycles. The molecule has 0 saturated heterocycles. The maximum Gasteiger partial charge on any atom is 0.264 e. The lowest BCUT2D eigenvalue weighted by Crippen LogP contribution is -2.05. The van der Waals surface area contributed by atoms with Gasteiger partial charge in [0.25, 0.3) is 5.56 Å². The van der Waals surface area contributed by atoms with Crippen molar-refractivity contribution in [2.75, 3.05) is 5.75 Å². The number of nitrogens with zero attached hydrogens (tertiary/aromatic N) is 1. The minimum Gasteiger partial charge on any atom is -0.268 e. The number of rotatable bonds is 5. The van der Waals surface area contributed by atoms with Gasteiger partial charge in [0, 0.05) is 6.07 Å². The Morgan fingerprint density at radius 2 is 1.81 bits per heavy atom. The summed E-state index contributed by atoms with van der Waals surface area (Å²) in [6.07, 6.45) is 4.87. The molecule has 6 heteroatoms. The SMILES string of the molecule is C=CCS(=O)(=O)c1ccc(/C=C/c2ccc(=O)[nH]n2)cc1. The lowest BCUT2D eigenvalue weighted by atomic mass is 10.2. The molecule has 0 radical (unpaired) electrons. The van der Waals surface area contributed by atoms with Crippen molar-refractivity contribution in [1.29, 1.82) is 0 Å². The Kier molecular flexibility index (Phi) is 4.49. The summed E-state index contributed by atoms with van der Waals surface area (Å²) in [5.41, 5.74) is 1.18. The minimum atomic E-state index is -3.29. The molecule has 2 rings (SSSR count). The smallest absolute Gasteiger partial charge is 0.264 e. The van der Waals surface area contributed by atoms with Crippen LogP contribution in [-0.4, -0.2) is 24.4 Å². The second-order valence-electron chi connectivity index (χ2n) is 4.32. The Morgan fingerprint density at radius 3 is 2.38 bits per heavy atom. The van der Waals surface area contributed by atoms with Crippen LogP contribution in [0.5, 0.6) is 0 Å². The van der Waals surface area contributed by atoms with Crippen LogP contribution < -0.4 is 5.56 Å². The molecule has 1 aromatic heterocycles. The fourth-order valence-electron chi connectivity index (χ4n) is 1.67. The van der Waals surface area contributed by atoms with E-state index in [1.54, 1.807) is 42.5 Å². The van der Waals surface area contributed by atoms with Gasteiger partial charge in [-0.3, -0.25) is 4.79 Å². The van der Waals surface area contributed by atoms with Crippen LogP contribution in [0, 0.1) is 0 Å². The molecule has 0 spiro atoms. The quantitative estimate of drug-likeness (QED) is 0.855. The highest BCUT2D eigenvalue weighted by Gasteiger charge is 2.11. The Morgan fingerprint density at radius 1 is 1.10 bits per heavy atom. The van der Waals surface area contributed by atoms with Gasteiger partial charge in [0.05, 0.1) is 16.3 Å². The number of nitrogens with one attached hydrogen (secondary N) is 1. The van der Waals surface area contributed by atoms with Gasteiger partial charge in [-0.25, -0.2) is 13.5 Å². The minimum absolute atomic E-state index is 0.0799. The number of aromatic amines is 1. The number of hydrogen-bond donors (Lipinski definition) is 1. The summed E-state index contributed by atoms with van der Waals surface area (Å²) in [7, 11) is -3.29. The lowest BCUT2D eigenvalue weighted by molar-refractivity contribution is 0.599. The average Bonchev–Trinajstić information content (AvgIpc) is 2.47. The maximum atomic E-state index is 11.8. The van der Waals surface area contributed by atoms with Crippen molar-refractivity contribution in [3.63, 3.8) is 0 Å². The van der Waals surface area contributed by atoms with E-state index in [4.69, 9.17) is 0 Å². The molecule has 108 valence electrons. The molecule has 1 N–H and O–H groups in total. The summed E-state index contributed by atoms with van der Waals surface area (Å²) < 4.78 is 23.6. The zero-order chi connectivity index (χ0) is 15.3. The van der Waals surface area contributed by atoms with Crippen LogP contribution in [-0.2, 0) is 9.84 Å². The summed E-state index contributed by atoms with van der Waals surface area (Å²) in [5, 5.41) is 6.18. The maximum absolute atomic E-state index is 11.8. The van der Waals surface area contributed by atoms with Crippen LogP contribution in [0.25, 0.3) is 12.2 Å². The molecule has 5 nitrogen and oxygen atoms in total. The van der Waals surface area contributed by atoms with Gasteiger partial charge in [0.1, 0.15) is 0 Å². The molecule has 0 aliphatic heterocycles. The van der Waals surface area contributed by atoms with Gasteiger partial charge < -0.3 is 0 Å². The molecule has 0 bridgehead atoms. The van der Waals surface area contributed by atoms with Crippen molar-refractivity contribution in [2.45, 2.75) is 4.90 Å². The third-order valence-corrected chi connectivity index (χ3v) is 4.39. The highest BCUT2D eigenvalue weighted by Crippen LogP contribution is 2.14. The molecule has 0 atom stereocenters. The fraction of sp³-hybridized carbons (Fsp3) is 0.0667. The van der Waals surface area contributed by atoms with Crippen LogP contribution in [0.3, 0.4) is 0 Å². The number of H-pyrrole nitrogens is 1. The van der Waals surface area contributed by atoms with Crippen molar-refractivity contribution in [3.8, 4) is 0 Å². The summed E-state index contributed by atoms with van der Waals surface area (Å²) in [6.45, 7) is 3.44.